The molecule has 0 aliphatic rings. The fourth-order valence-electron chi connectivity index (χ4n) is 1.51. The summed E-state index contributed by atoms with van der Waals surface area (Å²) >= 11 is 5.84. The molecule has 0 spiro atoms. The molecule has 1 heterocycles. The van der Waals surface area contributed by atoms with Gasteiger partial charge in [-0.25, -0.2) is 4.98 Å². The highest BCUT2D eigenvalue weighted by Crippen LogP contribution is 2.24. The molecule has 1 aromatic carbocycles. The lowest BCUT2D eigenvalue weighted by Crippen LogP contribution is -2.13. The number of nitrogens with zero attached hydrogens (tertiary/aromatic N) is 1. The van der Waals surface area contributed by atoms with E-state index in [-0.39, 0.29) is 16.5 Å². The Hall–Kier alpha value is -2.07. The topological polar surface area (TPSA) is 62.2 Å². The predicted octanol–water partition coefficient (Wildman–Crippen LogP) is 3.00. The number of rotatable bonds is 2. The summed E-state index contributed by atoms with van der Waals surface area (Å²) < 4.78 is 0. The number of benzene rings is 1. The van der Waals surface area contributed by atoms with Crippen molar-refractivity contribution in [3.05, 3.63) is 52.8 Å². The Kier molecular flexibility index (Phi) is 3.48. The van der Waals surface area contributed by atoms with Crippen LogP contribution in [0.4, 0.5) is 5.69 Å². The van der Waals surface area contributed by atoms with Gasteiger partial charge in [0.2, 0.25) is 0 Å². The van der Waals surface area contributed by atoms with Crippen molar-refractivity contribution in [1.29, 1.82) is 0 Å². The standard InChI is InChI=1S/C13H11ClN2O2/c1-8-4-2-5-9(11(8)17)13(18)16-10-6-3-7-15-12(10)14/h2-7,17H,1H3,(H,16,18). The number of anilines is 1. The Morgan fingerprint density at radius 3 is 2.83 bits per heavy atom. The van der Waals surface area contributed by atoms with E-state index >= 15 is 0 Å². The first-order chi connectivity index (χ1) is 8.59. The van der Waals surface area contributed by atoms with E-state index in [4.69, 9.17) is 11.6 Å². The largest absolute Gasteiger partial charge is 0.507 e. The molecule has 5 heteroatoms. The molecule has 0 aliphatic carbocycles. The van der Waals surface area contributed by atoms with Gasteiger partial charge in [-0.1, -0.05) is 23.7 Å². The molecule has 0 saturated heterocycles. The van der Waals surface area contributed by atoms with Gasteiger partial charge in [0.05, 0.1) is 11.3 Å². The summed E-state index contributed by atoms with van der Waals surface area (Å²) in [7, 11) is 0. The number of hydrogen-bond donors (Lipinski definition) is 2. The van der Waals surface area contributed by atoms with Gasteiger partial charge in [0.25, 0.3) is 5.91 Å². The van der Waals surface area contributed by atoms with Crippen LogP contribution in [0, 0.1) is 6.92 Å². The second kappa shape index (κ2) is 5.06. The van der Waals surface area contributed by atoms with Crippen molar-refractivity contribution in [2.24, 2.45) is 0 Å². The van der Waals surface area contributed by atoms with E-state index in [0.717, 1.165) is 0 Å². The second-order valence-corrected chi connectivity index (χ2v) is 4.12. The predicted molar refractivity (Wildman–Crippen MR) is 70.0 cm³/mol. The maximum atomic E-state index is 12.0. The van der Waals surface area contributed by atoms with Crippen molar-refractivity contribution < 1.29 is 9.90 Å². The number of carbonyl (C=O) groups excluding carboxylic acids is 1. The van der Waals surface area contributed by atoms with Gasteiger partial charge in [-0.3, -0.25) is 4.79 Å². The normalized spacial score (nSPS) is 10.1. The highest BCUT2D eigenvalue weighted by Gasteiger charge is 2.13. The average molecular weight is 263 g/mol. The van der Waals surface area contributed by atoms with Crippen LogP contribution in [0.2, 0.25) is 5.15 Å². The summed E-state index contributed by atoms with van der Waals surface area (Å²) in [5.41, 5.74) is 1.25. The summed E-state index contributed by atoms with van der Waals surface area (Å²) in [6.07, 6.45) is 1.53. The Morgan fingerprint density at radius 1 is 1.33 bits per heavy atom. The van der Waals surface area contributed by atoms with Gasteiger partial charge >= 0.3 is 0 Å². The maximum absolute atomic E-state index is 12.0. The highest BCUT2D eigenvalue weighted by atomic mass is 35.5. The maximum Gasteiger partial charge on any atom is 0.259 e. The molecular formula is C13H11ClN2O2. The number of halogens is 1. The van der Waals surface area contributed by atoms with E-state index in [0.29, 0.717) is 11.3 Å². The first kappa shape index (κ1) is 12.4. The van der Waals surface area contributed by atoms with Crippen LogP contribution in [0.5, 0.6) is 5.75 Å². The molecule has 18 heavy (non-hydrogen) atoms. The number of aryl methyl sites for hydroxylation is 1. The van der Waals surface area contributed by atoms with Crippen molar-refractivity contribution in [2.45, 2.75) is 6.92 Å². The van der Waals surface area contributed by atoms with Crippen molar-refractivity contribution >= 4 is 23.2 Å². The number of amides is 1. The summed E-state index contributed by atoms with van der Waals surface area (Å²) in [5, 5.41) is 12.6. The Balaban J connectivity index is 2.28. The van der Waals surface area contributed by atoms with Crippen LogP contribution in [-0.4, -0.2) is 16.0 Å². The van der Waals surface area contributed by atoms with Crippen molar-refractivity contribution in [3.8, 4) is 5.75 Å². The highest BCUT2D eigenvalue weighted by molar-refractivity contribution is 6.32. The fourth-order valence-corrected chi connectivity index (χ4v) is 1.68. The lowest BCUT2D eigenvalue weighted by atomic mass is 10.1. The quantitative estimate of drug-likeness (QED) is 0.818. The van der Waals surface area contributed by atoms with Gasteiger partial charge in [-0.15, -0.1) is 0 Å². The van der Waals surface area contributed by atoms with Gasteiger partial charge in [-0.2, -0.15) is 0 Å². The average Bonchev–Trinajstić information content (AvgIpc) is 2.35. The summed E-state index contributed by atoms with van der Waals surface area (Å²) in [6.45, 7) is 1.73. The summed E-state index contributed by atoms with van der Waals surface area (Å²) in [4.78, 5) is 15.8. The van der Waals surface area contributed by atoms with E-state index in [1.807, 2.05) is 0 Å². The molecule has 0 bridgehead atoms. The number of aromatic nitrogens is 1. The molecule has 0 unspecified atom stereocenters. The lowest BCUT2D eigenvalue weighted by Gasteiger charge is -2.08. The molecule has 92 valence electrons. The number of aromatic hydroxyl groups is 1. The number of hydrogen-bond acceptors (Lipinski definition) is 3. The third-order valence-corrected chi connectivity index (χ3v) is 2.79. The van der Waals surface area contributed by atoms with Gasteiger partial charge in [-0.05, 0) is 30.7 Å². The van der Waals surface area contributed by atoms with Gasteiger partial charge < -0.3 is 10.4 Å². The minimum Gasteiger partial charge on any atom is -0.507 e. The van der Waals surface area contributed by atoms with Crippen LogP contribution in [-0.2, 0) is 0 Å². The van der Waals surface area contributed by atoms with Crippen molar-refractivity contribution in [3.63, 3.8) is 0 Å². The molecule has 2 aromatic rings. The molecule has 2 rings (SSSR count). The van der Waals surface area contributed by atoms with Crippen LogP contribution in [0.15, 0.2) is 36.5 Å². The Labute approximate surface area is 109 Å². The van der Waals surface area contributed by atoms with Crippen LogP contribution < -0.4 is 5.32 Å². The van der Waals surface area contributed by atoms with Gasteiger partial charge in [0.1, 0.15) is 5.75 Å². The van der Waals surface area contributed by atoms with Crippen LogP contribution in [0.3, 0.4) is 0 Å². The van der Waals surface area contributed by atoms with E-state index in [1.54, 1.807) is 37.3 Å². The first-order valence-corrected chi connectivity index (χ1v) is 5.68. The molecule has 2 N–H and O–H groups in total. The van der Waals surface area contributed by atoms with E-state index in [9.17, 15) is 9.90 Å². The zero-order chi connectivity index (χ0) is 13.1. The first-order valence-electron chi connectivity index (χ1n) is 5.30. The Bertz CT molecular complexity index is 599. The van der Waals surface area contributed by atoms with Crippen molar-refractivity contribution in [1.82, 2.24) is 4.98 Å². The number of phenols is 1. The molecule has 1 amide bonds. The minimum atomic E-state index is -0.425. The van der Waals surface area contributed by atoms with E-state index in [2.05, 4.69) is 10.3 Å². The molecule has 0 fully saturated rings. The number of para-hydroxylation sites is 1. The molecule has 1 aromatic heterocycles. The van der Waals surface area contributed by atoms with Crippen LogP contribution in [0.1, 0.15) is 15.9 Å². The second-order valence-electron chi connectivity index (χ2n) is 3.77. The smallest absolute Gasteiger partial charge is 0.259 e. The Morgan fingerprint density at radius 2 is 2.11 bits per heavy atom. The molecule has 4 nitrogen and oxygen atoms in total. The monoisotopic (exact) mass is 262 g/mol. The van der Waals surface area contributed by atoms with Crippen LogP contribution >= 0.6 is 11.6 Å². The van der Waals surface area contributed by atoms with E-state index < -0.39 is 5.91 Å². The zero-order valence-corrected chi connectivity index (χ0v) is 10.4. The third-order valence-electron chi connectivity index (χ3n) is 2.49. The molecule has 0 saturated carbocycles. The fraction of sp³-hybridized carbons (Fsp3) is 0.0769. The molecule has 0 aliphatic heterocycles. The molecular weight excluding hydrogens is 252 g/mol. The summed E-state index contributed by atoms with van der Waals surface area (Å²) in [5.74, 6) is -0.457. The molecule has 0 radical (unpaired) electrons. The van der Waals surface area contributed by atoms with Crippen molar-refractivity contribution in [2.75, 3.05) is 5.32 Å². The van der Waals surface area contributed by atoms with Crippen LogP contribution in [0.25, 0.3) is 0 Å². The SMILES string of the molecule is Cc1cccc(C(=O)Nc2cccnc2Cl)c1O. The number of nitrogens with one attached hydrogen (secondary N) is 1. The number of pyridine rings is 1. The number of phenolic OH excluding ortho intramolecular Hbond substituents is 1. The summed E-state index contributed by atoms with van der Waals surface area (Å²) in [6, 6.07) is 8.28. The van der Waals surface area contributed by atoms with Gasteiger partial charge in [0, 0.05) is 6.20 Å². The third kappa shape index (κ3) is 2.43. The molecule has 0 atom stereocenters. The lowest BCUT2D eigenvalue weighted by molar-refractivity contribution is 0.102. The number of carbonyl (C=O) groups is 1. The zero-order valence-electron chi connectivity index (χ0n) is 9.64. The minimum absolute atomic E-state index is 0.0324. The van der Waals surface area contributed by atoms with E-state index in [1.165, 1.54) is 6.20 Å². The van der Waals surface area contributed by atoms with Gasteiger partial charge in [0.15, 0.2) is 5.15 Å².